The smallest absolute Gasteiger partial charge is 0.0186 e. The van der Waals surface area contributed by atoms with Gasteiger partial charge in [-0.1, -0.05) is 0 Å². The van der Waals surface area contributed by atoms with Gasteiger partial charge in [-0.15, -0.1) is 0 Å². The van der Waals surface area contributed by atoms with Crippen LogP contribution in [0, 0.1) is 5.92 Å². The normalized spacial score (nSPS) is 57.0. The van der Waals surface area contributed by atoms with Crippen LogP contribution in [0.5, 0.6) is 0 Å². The van der Waals surface area contributed by atoms with Crippen LogP contribution in [0.4, 0.5) is 0 Å². The number of hydrogen-bond acceptors (Lipinski definition) is 1. The number of fused-ring (bicyclic) bond motifs is 1. The van der Waals surface area contributed by atoms with Gasteiger partial charge in [-0.2, -0.15) is 0 Å². The molecule has 1 aliphatic heterocycles. The average Bonchev–Trinajstić information content (AvgIpc) is 2.09. The van der Waals surface area contributed by atoms with E-state index in [1.807, 2.05) is 0 Å². The summed E-state index contributed by atoms with van der Waals surface area (Å²) in [7, 11) is 0. The van der Waals surface area contributed by atoms with Crippen LogP contribution >= 0.6 is 0 Å². The van der Waals surface area contributed by atoms with E-state index in [0.717, 1.165) is 5.92 Å². The Morgan fingerprint density at radius 3 is 2.71 bits per heavy atom. The summed E-state index contributed by atoms with van der Waals surface area (Å²) in [4.78, 5) is 0. The first kappa shape index (κ1) is 3.90. The largest absolute Gasteiger partial charge is 0.311 e. The molecule has 1 aliphatic carbocycles. The van der Waals surface area contributed by atoms with Gasteiger partial charge in [-0.05, 0) is 32.2 Å². The number of rotatable bonds is 0. The highest BCUT2D eigenvalue weighted by molar-refractivity contribution is 5.10. The second kappa shape index (κ2) is 0.873. The maximum absolute atomic E-state index is 3.47. The SMILES string of the molecule is C[C@]12CC1CCN2. The molecule has 0 bridgehead atoms. The molecule has 1 nitrogen and oxygen atoms in total. The summed E-state index contributed by atoms with van der Waals surface area (Å²) in [6, 6.07) is 0. The summed E-state index contributed by atoms with van der Waals surface area (Å²) in [6.07, 6.45) is 2.86. The first-order valence-electron chi connectivity index (χ1n) is 3.06. The minimum absolute atomic E-state index is 0.611. The second-order valence-corrected chi connectivity index (χ2v) is 3.03. The van der Waals surface area contributed by atoms with Crippen LogP contribution in [0.1, 0.15) is 19.8 Å². The molecule has 0 aromatic heterocycles. The molecule has 0 aromatic rings. The van der Waals surface area contributed by atoms with Gasteiger partial charge in [0, 0.05) is 5.54 Å². The van der Waals surface area contributed by atoms with Gasteiger partial charge in [-0.25, -0.2) is 0 Å². The van der Waals surface area contributed by atoms with E-state index in [1.165, 1.54) is 19.4 Å². The summed E-state index contributed by atoms with van der Waals surface area (Å²) >= 11 is 0. The lowest BCUT2D eigenvalue weighted by atomic mass is 10.3. The van der Waals surface area contributed by atoms with Crippen LogP contribution in [0.2, 0.25) is 0 Å². The van der Waals surface area contributed by atoms with Gasteiger partial charge in [0.1, 0.15) is 0 Å². The Hall–Kier alpha value is -0.0400. The molecule has 0 radical (unpaired) electrons. The van der Waals surface area contributed by atoms with Crippen molar-refractivity contribution in [2.24, 2.45) is 5.92 Å². The molecular weight excluding hydrogens is 86.1 g/mol. The van der Waals surface area contributed by atoms with Gasteiger partial charge in [0.25, 0.3) is 0 Å². The molecule has 1 heteroatoms. The lowest BCUT2D eigenvalue weighted by Gasteiger charge is -2.01. The van der Waals surface area contributed by atoms with Crippen molar-refractivity contribution in [2.75, 3.05) is 6.54 Å². The zero-order chi connectivity index (χ0) is 4.91. The van der Waals surface area contributed by atoms with Gasteiger partial charge in [-0.3, -0.25) is 0 Å². The van der Waals surface area contributed by atoms with Crippen LogP contribution in [0.3, 0.4) is 0 Å². The van der Waals surface area contributed by atoms with Crippen molar-refractivity contribution in [1.29, 1.82) is 0 Å². The lowest BCUT2D eigenvalue weighted by Crippen LogP contribution is -2.23. The summed E-state index contributed by atoms with van der Waals surface area (Å²) in [5, 5.41) is 3.47. The third-order valence-corrected chi connectivity index (χ3v) is 2.43. The molecule has 2 atom stereocenters. The third kappa shape index (κ3) is 0.367. The van der Waals surface area contributed by atoms with E-state index < -0.39 is 0 Å². The van der Waals surface area contributed by atoms with Gasteiger partial charge in [0.2, 0.25) is 0 Å². The van der Waals surface area contributed by atoms with Crippen molar-refractivity contribution in [3.05, 3.63) is 0 Å². The third-order valence-electron chi connectivity index (χ3n) is 2.43. The Morgan fingerprint density at radius 2 is 2.57 bits per heavy atom. The fourth-order valence-electron chi connectivity index (χ4n) is 1.62. The first-order valence-corrected chi connectivity index (χ1v) is 3.06. The highest BCUT2D eigenvalue weighted by atomic mass is 15.1. The Morgan fingerprint density at radius 1 is 1.71 bits per heavy atom. The number of piperidine rings is 1. The summed E-state index contributed by atoms with van der Waals surface area (Å²) < 4.78 is 0. The zero-order valence-electron chi connectivity index (χ0n) is 4.70. The van der Waals surface area contributed by atoms with Crippen LogP contribution in [-0.2, 0) is 0 Å². The Kier molecular flexibility index (Phi) is 0.487. The van der Waals surface area contributed by atoms with E-state index in [1.54, 1.807) is 0 Å². The highest BCUT2D eigenvalue weighted by Crippen LogP contribution is 2.48. The first-order chi connectivity index (χ1) is 3.31. The second-order valence-electron chi connectivity index (χ2n) is 3.03. The monoisotopic (exact) mass is 97.1 g/mol. The maximum Gasteiger partial charge on any atom is 0.0186 e. The summed E-state index contributed by atoms with van der Waals surface area (Å²) in [5.41, 5.74) is 0.611. The zero-order valence-corrected chi connectivity index (χ0v) is 4.70. The Labute approximate surface area is 44.1 Å². The van der Waals surface area contributed by atoms with Crippen LogP contribution in [0.25, 0.3) is 0 Å². The fraction of sp³-hybridized carbons (Fsp3) is 1.00. The van der Waals surface area contributed by atoms with Gasteiger partial charge in [0.05, 0.1) is 0 Å². The molecule has 0 spiro atoms. The summed E-state index contributed by atoms with van der Waals surface area (Å²) in [5.74, 6) is 1.05. The van der Waals surface area contributed by atoms with Crippen molar-refractivity contribution in [3.63, 3.8) is 0 Å². The van der Waals surface area contributed by atoms with Crippen molar-refractivity contribution in [3.8, 4) is 0 Å². The average molecular weight is 97.2 g/mol. The molecule has 2 aliphatic rings. The van der Waals surface area contributed by atoms with E-state index in [4.69, 9.17) is 0 Å². The van der Waals surface area contributed by atoms with E-state index in [2.05, 4.69) is 12.2 Å². The minimum Gasteiger partial charge on any atom is -0.311 e. The van der Waals surface area contributed by atoms with Crippen LogP contribution in [0.15, 0.2) is 0 Å². The van der Waals surface area contributed by atoms with Crippen molar-refractivity contribution in [2.45, 2.75) is 25.3 Å². The molecule has 2 rings (SSSR count). The molecule has 1 heterocycles. The molecule has 2 fully saturated rings. The lowest BCUT2D eigenvalue weighted by molar-refractivity contribution is 0.601. The molecule has 0 aromatic carbocycles. The predicted octanol–water partition coefficient (Wildman–Crippen LogP) is 0.758. The Bertz CT molecular complexity index is 98.4. The molecular formula is C6H11N. The molecule has 40 valence electrons. The van der Waals surface area contributed by atoms with E-state index in [-0.39, 0.29) is 0 Å². The quantitative estimate of drug-likeness (QED) is 0.470. The molecule has 1 saturated carbocycles. The number of hydrogen-bond donors (Lipinski definition) is 1. The van der Waals surface area contributed by atoms with E-state index >= 15 is 0 Å². The predicted molar refractivity (Wildman–Crippen MR) is 29.1 cm³/mol. The van der Waals surface area contributed by atoms with Crippen molar-refractivity contribution in [1.82, 2.24) is 5.32 Å². The van der Waals surface area contributed by atoms with Crippen LogP contribution < -0.4 is 5.32 Å². The minimum atomic E-state index is 0.611. The summed E-state index contributed by atoms with van der Waals surface area (Å²) in [6.45, 7) is 3.59. The molecule has 7 heavy (non-hydrogen) atoms. The maximum atomic E-state index is 3.47. The molecule has 0 amide bonds. The standard InChI is InChI=1S/C6H11N/c1-6-4-5(6)2-3-7-6/h5,7H,2-4H2,1H3/t5?,6-/m0/s1. The van der Waals surface area contributed by atoms with E-state index in [0.29, 0.717) is 5.54 Å². The van der Waals surface area contributed by atoms with Crippen molar-refractivity contribution >= 4 is 0 Å². The van der Waals surface area contributed by atoms with E-state index in [9.17, 15) is 0 Å². The Balaban J connectivity index is 2.17. The van der Waals surface area contributed by atoms with Crippen LogP contribution in [-0.4, -0.2) is 12.1 Å². The topological polar surface area (TPSA) is 12.0 Å². The highest BCUT2D eigenvalue weighted by Gasteiger charge is 2.52. The van der Waals surface area contributed by atoms with Gasteiger partial charge in [0.15, 0.2) is 0 Å². The van der Waals surface area contributed by atoms with Gasteiger partial charge < -0.3 is 5.32 Å². The molecule has 1 N–H and O–H groups in total. The van der Waals surface area contributed by atoms with Crippen molar-refractivity contribution < 1.29 is 0 Å². The fourth-order valence-corrected chi connectivity index (χ4v) is 1.62. The molecule has 1 unspecified atom stereocenters. The van der Waals surface area contributed by atoms with Gasteiger partial charge >= 0.3 is 0 Å². The number of nitrogens with one attached hydrogen (secondary N) is 1. The molecule has 1 saturated heterocycles.